The van der Waals surface area contributed by atoms with Crippen molar-refractivity contribution in [2.45, 2.75) is 32.7 Å². The van der Waals surface area contributed by atoms with Gasteiger partial charge < -0.3 is 10.2 Å². The van der Waals surface area contributed by atoms with Crippen LogP contribution in [0.2, 0.25) is 5.02 Å². The molecule has 3 rings (SSSR count). The van der Waals surface area contributed by atoms with Gasteiger partial charge in [-0.05, 0) is 30.9 Å². The molecule has 0 radical (unpaired) electrons. The van der Waals surface area contributed by atoms with Gasteiger partial charge in [0.05, 0.1) is 11.9 Å². The molecular weight excluding hydrogens is 374 g/mol. The summed E-state index contributed by atoms with van der Waals surface area (Å²) in [6, 6.07) is 3.13. The first kappa shape index (κ1) is 19.8. The maximum absolute atomic E-state index is 13.9. The quantitative estimate of drug-likeness (QED) is 0.837. The standard InChI is InChI=1S/C19H23ClF2N4O/c1-12(2)11-25-7-5-14(6-8-25)24-16-10-23-26(19(27)18(16)20)17-4-3-13(21)9-15(17)22/h3-4,9-10,12,14,24H,5-8,11H2,1-2H3. The molecule has 27 heavy (non-hydrogen) atoms. The van der Waals surface area contributed by atoms with E-state index in [2.05, 4.69) is 29.2 Å². The van der Waals surface area contributed by atoms with Crippen molar-refractivity contribution in [3.8, 4) is 5.69 Å². The van der Waals surface area contributed by atoms with Gasteiger partial charge in [-0.2, -0.15) is 9.78 Å². The van der Waals surface area contributed by atoms with E-state index in [0.29, 0.717) is 17.7 Å². The Labute approximate surface area is 161 Å². The topological polar surface area (TPSA) is 50.2 Å². The van der Waals surface area contributed by atoms with E-state index in [9.17, 15) is 13.6 Å². The zero-order valence-corrected chi connectivity index (χ0v) is 16.1. The number of hydrogen-bond acceptors (Lipinski definition) is 4. The third-order valence-electron chi connectivity index (χ3n) is 4.63. The SMILES string of the molecule is CC(C)CN1CCC(Nc2cnn(-c3ccc(F)cc3F)c(=O)c2Cl)CC1. The van der Waals surface area contributed by atoms with Gasteiger partial charge in [0.25, 0.3) is 5.56 Å². The Bertz CT molecular complexity index is 863. The smallest absolute Gasteiger partial charge is 0.292 e. The van der Waals surface area contributed by atoms with Crippen molar-refractivity contribution in [2.75, 3.05) is 25.0 Å². The van der Waals surface area contributed by atoms with Gasteiger partial charge in [0.2, 0.25) is 0 Å². The lowest BCUT2D eigenvalue weighted by Gasteiger charge is -2.33. The summed E-state index contributed by atoms with van der Waals surface area (Å²) >= 11 is 6.21. The minimum atomic E-state index is -0.876. The Hall–Kier alpha value is -1.99. The Morgan fingerprint density at radius 2 is 2.00 bits per heavy atom. The molecule has 0 saturated carbocycles. The van der Waals surface area contributed by atoms with Crippen molar-refractivity contribution in [1.82, 2.24) is 14.7 Å². The number of likely N-dealkylation sites (tertiary alicyclic amines) is 1. The molecule has 5 nitrogen and oxygen atoms in total. The molecule has 1 aliphatic rings. The average molecular weight is 397 g/mol. The van der Waals surface area contributed by atoms with E-state index < -0.39 is 17.2 Å². The number of rotatable bonds is 5. The Kier molecular flexibility index (Phi) is 6.11. The summed E-state index contributed by atoms with van der Waals surface area (Å²) in [4.78, 5) is 14.9. The van der Waals surface area contributed by atoms with E-state index in [1.165, 1.54) is 6.20 Å². The van der Waals surface area contributed by atoms with Crippen LogP contribution in [0.5, 0.6) is 0 Å². The molecule has 1 aromatic heterocycles. The second-order valence-corrected chi connectivity index (χ2v) is 7.68. The van der Waals surface area contributed by atoms with Gasteiger partial charge in [-0.3, -0.25) is 4.79 Å². The molecule has 1 saturated heterocycles. The molecule has 1 aromatic carbocycles. The molecular formula is C19H23ClF2N4O. The highest BCUT2D eigenvalue weighted by Gasteiger charge is 2.21. The number of aromatic nitrogens is 2. The molecule has 0 aliphatic carbocycles. The highest BCUT2D eigenvalue weighted by atomic mass is 35.5. The van der Waals surface area contributed by atoms with Gasteiger partial charge in [-0.15, -0.1) is 0 Å². The molecule has 0 amide bonds. The van der Waals surface area contributed by atoms with Gasteiger partial charge in [-0.25, -0.2) is 8.78 Å². The summed E-state index contributed by atoms with van der Waals surface area (Å²) in [7, 11) is 0. The zero-order chi connectivity index (χ0) is 19.6. The van der Waals surface area contributed by atoms with Crippen LogP contribution in [-0.2, 0) is 0 Å². The number of anilines is 1. The van der Waals surface area contributed by atoms with E-state index in [1.807, 2.05) is 0 Å². The van der Waals surface area contributed by atoms with E-state index in [-0.39, 0.29) is 16.8 Å². The number of piperidine rings is 1. The van der Waals surface area contributed by atoms with Crippen LogP contribution in [0.1, 0.15) is 26.7 Å². The van der Waals surface area contributed by atoms with Crippen LogP contribution in [-0.4, -0.2) is 40.4 Å². The minimum Gasteiger partial charge on any atom is -0.380 e. The summed E-state index contributed by atoms with van der Waals surface area (Å²) < 4.78 is 27.9. The summed E-state index contributed by atoms with van der Waals surface area (Å²) in [6.07, 6.45) is 3.30. The molecule has 8 heteroatoms. The number of nitrogens with zero attached hydrogens (tertiary/aromatic N) is 3. The minimum absolute atomic E-state index is 0.0571. The summed E-state index contributed by atoms with van der Waals surface area (Å²) in [5.41, 5.74) is -0.357. The van der Waals surface area contributed by atoms with Gasteiger partial charge >= 0.3 is 0 Å². The van der Waals surface area contributed by atoms with E-state index in [4.69, 9.17) is 11.6 Å². The predicted molar refractivity (Wildman–Crippen MR) is 103 cm³/mol. The molecule has 0 bridgehead atoms. The van der Waals surface area contributed by atoms with Crippen molar-refractivity contribution in [3.05, 3.63) is 51.4 Å². The van der Waals surface area contributed by atoms with Crippen LogP contribution in [0.25, 0.3) is 5.69 Å². The number of nitrogens with one attached hydrogen (secondary N) is 1. The maximum Gasteiger partial charge on any atom is 0.292 e. The van der Waals surface area contributed by atoms with Crippen LogP contribution < -0.4 is 10.9 Å². The number of halogens is 3. The van der Waals surface area contributed by atoms with Crippen molar-refractivity contribution in [2.24, 2.45) is 5.92 Å². The molecule has 0 atom stereocenters. The van der Waals surface area contributed by atoms with E-state index in [0.717, 1.165) is 49.3 Å². The van der Waals surface area contributed by atoms with Crippen LogP contribution >= 0.6 is 11.6 Å². The maximum atomic E-state index is 13.9. The van der Waals surface area contributed by atoms with Crippen molar-refractivity contribution >= 4 is 17.3 Å². The second-order valence-electron chi connectivity index (χ2n) is 7.30. The molecule has 146 valence electrons. The normalized spacial score (nSPS) is 16.1. The summed E-state index contributed by atoms with van der Waals surface area (Å²) in [5, 5.41) is 7.22. The molecule has 0 unspecified atom stereocenters. The number of hydrogen-bond donors (Lipinski definition) is 1. The molecule has 1 N–H and O–H groups in total. The van der Waals surface area contributed by atoms with E-state index >= 15 is 0 Å². The van der Waals surface area contributed by atoms with Gasteiger partial charge in [0.15, 0.2) is 5.82 Å². The van der Waals surface area contributed by atoms with Crippen LogP contribution in [0.4, 0.5) is 14.5 Å². The highest BCUT2D eigenvalue weighted by Crippen LogP contribution is 2.22. The van der Waals surface area contributed by atoms with Crippen molar-refractivity contribution < 1.29 is 8.78 Å². The molecule has 0 spiro atoms. The largest absolute Gasteiger partial charge is 0.380 e. The summed E-state index contributed by atoms with van der Waals surface area (Å²) in [5.74, 6) is -0.969. The predicted octanol–water partition coefficient (Wildman–Crippen LogP) is 3.70. The third-order valence-corrected chi connectivity index (χ3v) is 4.99. The zero-order valence-electron chi connectivity index (χ0n) is 15.4. The lowest BCUT2D eigenvalue weighted by molar-refractivity contribution is 0.198. The van der Waals surface area contributed by atoms with Crippen LogP contribution in [0.3, 0.4) is 0 Å². The molecule has 2 aromatic rings. The fourth-order valence-electron chi connectivity index (χ4n) is 3.35. The van der Waals surface area contributed by atoms with E-state index in [1.54, 1.807) is 0 Å². The number of benzene rings is 1. The third kappa shape index (κ3) is 4.65. The monoisotopic (exact) mass is 396 g/mol. The van der Waals surface area contributed by atoms with Gasteiger partial charge in [-0.1, -0.05) is 25.4 Å². The molecule has 1 aliphatic heterocycles. The lowest BCUT2D eigenvalue weighted by Crippen LogP contribution is -2.41. The first-order valence-corrected chi connectivity index (χ1v) is 9.45. The first-order chi connectivity index (χ1) is 12.8. The molecule has 1 fully saturated rings. The Balaban J connectivity index is 1.73. The van der Waals surface area contributed by atoms with Gasteiger partial charge in [0.1, 0.15) is 16.5 Å². The summed E-state index contributed by atoms with van der Waals surface area (Å²) in [6.45, 7) is 7.45. The van der Waals surface area contributed by atoms with Gasteiger partial charge in [0, 0.05) is 31.7 Å². The Morgan fingerprint density at radius 1 is 1.30 bits per heavy atom. The fraction of sp³-hybridized carbons (Fsp3) is 0.474. The fourth-order valence-corrected chi connectivity index (χ4v) is 3.54. The first-order valence-electron chi connectivity index (χ1n) is 9.07. The Morgan fingerprint density at radius 3 is 2.63 bits per heavy atom. The van der Waals surface area contributed by atoms with Crippen LogP contribution in [0, 0.1) is 17.6 Å². The lowest BCUT2D eigenvalue weighted by atomic mass is 10.0. The molecule has 2 heterocycles. The average Bonchev–Trinajstić information content (AvgIpc) is 2.61. The van der Waals surface area contributed by atoms with Crippen LogP contribution in [0.15, 0.2) is 29.2 Å². The second kappa shape index (κ2) is 8.35. The van der Waals surface area contributed by atoms with Crippen molar-refractivity contribution in [1.29, 1.82) is 0 Å². The van der Waals surface area contributed by atoms with Crippen molar-refractivity contribution in [3.63, 3.8) is 0 Å². The highest BCUT2D eigenvalue weighted by molar-refractivity contribution is 6.32.